The molecule has 70 valence electrons. The van der Waals surface area contributed by atoms with Gasteiger partial charge in [-0.15, -0.1) is 0 Å². The second-order valence-electron chi connectivity index (χ2n) is 2.24. The summed E-state index contributed by atoms with van der Waals surface area (Å²) < 4.78 is 4.66. The summed E-state index contributed by atoms with van der Waals surface area (Å²) in [7, 11) is 1.20. The fourth-order valence-electron chi connectivity index (χ4n) is 0.812. The molecule has 6 heteroatoms. The van der Waals surface area contributed by atoms with Crippen molar-refractivity contribution in [1.29, 1.82) is 0 Å². The Morgan fingerprint density at radius 1 is 1.69 bits per heavy atom. The maximum Gasteiger partial charge on any atom is 0.346 e. The molecule has 0 radical (unpaired) electrons. The summed E-state index contributed by atoms with van der Waals surface area (Å²) in [5, 5.41) is 11.0. The van der Waals surface area contributed by atoms with Crippen molar-refractivity contribution in [3.05, 3.63) is 28.1 Å². The minimum absolute atomic E-state index is 0.00176. The molecule has 0 saturated heterocycles. The van der Waals surface area contributed by atoms with E-state index < -0.39 is 5.97 Å². The Kier molecular flexibility index (Phi) is 2.57. The predicted octanol–water partition coefficient (Wildman–Crippen LogP) is 0.342. The van der Waals surface area contributed by atoms with Gasteiger partial charge in [-0.3, -0.25) is 5.73 Å². The highest BCUT2D eigenvalue weighted by atomic mass is 35.5. The van der Waals surface area contributed by atoms with E-state index in [-0.39, 0.29) is 21.3 Å². The van der Waals surface area contributed by atoms with Crippen molar-refractivity contribution in [2.45, 2.75) is 0 Å². The number of aromatic nitrogens is 1. The number of ether oxygens (including phenoxy) is 1. The Balaban J connectivity index is 3.26. The van der Waals surface area contributed by atoms with Crippen LogP contribution in [0.25, 0.3) is 0 Å². The first kappa shape index (κ1) is 9.60. The van der Waals surface area contributed by atoms with Crippen molar-refractivity contribution in [3.63, 3.8) is 0 Å². The SMILES string of the molecule is COC(=O)c1ccc(Cl)[n+]([O-])c1N. The highest BCUT2D eigenvalue weighted by molar-refractivity contribution is 6.28. The molecule has 0 aliphatic rings. The molecule has 0 aliphatic carbocycles. The smallest absolute Gasteiger partial charge is 0.346 e. The lowest BCUT2D eigenvalue weighted by molar-refractivity contribution is -0.587. The Hall–Kier alpha value is -1.49. The van der Waals surface area contributed by atoms with Crippen LogP contribution in [0.5, 0.6) is 0 Å². The van der Waals surface area contributed by atoms with Gasteiger partial charge in [0.25, 0.3) is 5.82 Å². The molecule has 1 rings (SSSR count). The first-order valence-corrected chi connectivity index (χ1v) is 3.71. The fraction of sp³-hybridized carbons (Fsp3) is 0.143. The van der Waals surface area contributed by atoms with Gasteiger partial charge < -0.3 is 9.94 Å². The van der Waals surface area contributed by atoms with Crippen LogP contribution in [-0.4, -0.2) is 13.1 Å². The van der Waals surface area contributed by atoms with Gasteiger partial charge >= 0.3 is 5.97 Å². The Bertz CT molecular complexity index is 354. The van der Waals surface area contributed by atoms with E-state index >= 15 is 0 Å². The van der Waals surface area contributed by atoms with E-state index in [0.29, 0.717) is 0 Å². The molecule has 0 saturated carbocycles. The summed E-state index contributed by atoms with van der Waals surface area (Å²) in [5.74, 6) is -0.932. The van der Waals surface area contributed by atoms with E-state index in [1.54, 1.807) is 0 Å². The Labute approximate surface area is 79.3 Å². The number of nitrogens with zero attached hydrogens (tertiary/aromatic N) is 1. The Morgan fingerprint density at radius 3 is 2.85 bits per heavy atom. The minimum Gasteiger partial charge on any atom is -0.710 e. The zero-order chi connectivity index (χ0) is 10.0. The molecule has 5 nitrogen and oxygen atoms in total. The molecule has 13 heavy (non-hydrogen) atoms. The number of pyridine rings is 1. The van der Waals surface area contributed by atoms with E-state index in [2.05, 4.69) is 4.74 Å². The van der Waals surface area contributed by atoms with Crippen molar-refractivity contribution in [2.75, 3.05) is 12.8 Å². The van der Waals surface area contributed by atoms with Crippen molar-refractivity contribution < 1.29 is 14.3 Å². The van der Waals surface area contributed by atoms with E-state index in [1.807, 2.05) is 0 Å². The van der Waals surface area contributed by atoms with E-state index in [0.717, 1.165) is 0 Å². The molecular formula is C7H7ClN2O3. The number of rotatable bonds is 1. The summed E-state index contributed by atoms with van der Waals surface area (Å²) in [5.41, 5.74) is 5.33. The normalized spacial score (nSPS) is 9.69. The molecule has 0 unspecified atom stereocenters. The molecule has 1 aromatic heterocycles. The van der Waals surface area contributed by atoms with Gasteiger partial charge in [-0.25, -0.2) is 9.52 Å². The first-order chi connectivity index (χ1) is 6.07. The average Bonchev–Trinajstić information content (AvgIpc) is 2.13. The number of anilines is 1. The lowest BCUT2D eigenvalue weighted by atomic mass is 10.2. The number of nitrogen functional groups attached to an aromatic ring is 1. The summed E-state index contributed by atoms with van der Waals surface area (Å²) in [6, 6.07) is 2.61. The van der Waals surface area contributed by atoms with Gasteiger partial charge in [-0.2, -0.15) is 0 Å². The van der Waals surface area contributed by atoms with Gasteiger partial charge in [-0.1, -0.05) is 0 Å². The topological polar surface area (TPSA) is 79.3 Å². The molecule has 0 fully saturated rings. The van der Waals surface area contributed by atoms with E-state index in [9.17, 15) is 10.0 Å². The number of carbonyl (C=O) groups is 1. The highest BCUT2D eigenvalue weighted by Gasteiger charge is 2.17. The monoisotopic (exact) mass is 202 g/mol. The zero-order valence-corrected chi connectivity index (χ0v) is 7.54. The number of methoxy groups -OCH3 is 1. The summed E-state index contributed by atoms with van der Waals surface area (Å²) in [6.45, 7) is 0. The van der Waals surface area contributed by atoms with Crippen LogP contribution in [0.15, 0.2) is 12.1 Å². The molecule has 0 bridgehead atoms. The number of nitrogens with two attached hydrogens (primary N) is 1. The number of hydrogen-bond donors (Lipinski definition) is 1. The molecule has 0 amide bonds. The molecular weight excluding hydrogens is 196 g/mol. The third-order valence-corrected chi connectivity index (χ3v) is 1.76. The third kappa shape index (κ3) is 1.65. The third-order valence-electron chi connectivity index (χ3n) is 1.48. The van der Waals surface area contributed by atoms with Gasteiger partial charge in [0.1, 0.15) is 5.56 Å². The largest absolute Gasteiger partial charge is 0.710 e. The lowest BCUT2D eigenvalue weighted by Gasteiger charge is -2.08. The molecule has 0 spiro atoms. The molecule has 1 heterocycles. The lowest BCUT2D eigenvalue weighted by Crippen LogP contribution is -2.34. The highest BCUT2D eigenvalue weighted by Crippen LogP contribution is 2.11. The second kappa shape index (κ2) is 3.49. The minimum atomic E-state index is -0.668. The standard InChI is InChI=1S/C7H7ClN2O3/c1-13-7(11)4-2-3-5(8)10(12)6(4)9/h2-3H,9H2,1H3. The number of esters is 1. The van der Waals surface area contributed by atoms with Gasteiger partial charge in [0.05, 0.1) is 7.11 Å². The van der Waals surface area contributed by atoms with Crippen molar-refractivity contribution in [1.82, 2.24) is 0 Å². The van der Waals surface area contributed by atoms with Gasteiger partial charge in [0.15, 0.2) is 5.15 Å². The Morgan fingerprint density at radius 2 is 2.31 bits per heavy atom. The summed E-state index contributed by atoms with van der Waals surface area (Å²) >= 11 is 5.45. The van der Waals surface area contributed by atoms with E-state index in [1.165, 1.54) is 19.2 Å². The van der Waals surface area contributed by atoms with Crippen molar-refractivity contribution >= 4 is 23.4 Å². The van der Waals surface area contributed by atoms with Crippen LogP contribution in [0.2, 0.25) is 5.15 Å². The molecule has 0 aliphatic heterocycles. The zero-order valence-electron chi connectivity index (χ0n) is 6.78. The van der Waals surface area contributed by atoms with Crippen LogP contribution in [0.1, 0.15) is 10.4 Å². The summed E-state index contributed by atoms with van der Waals surface area (Å²) in [4.78, 5) is 11.0. The number of halogens is 1. The van der Waals surface area contributed by atoms with Crippen LogP contribution in [-0.2, 0) is 4.74 Å². The van der Waals surface area contributed by atoms with Crippen LogP contribution in [0, 0.1) is 5.21 Å². The maximum atomic E-state index is 11.1. The molecule has 0 atom stereocenters. The van der Waals surface area contributed by atoms with Crippen LogP contribution in [0.4, 0.5) is 5.82 Å². The molecule has 1 aromatic rings. The van der Waals surface area contributed by atoms with E-state index in [4.69, 9.17) is 17.3 Å². The van der Waals surface area contributed by atoms with Crippen LogP contribution < -0.4 is 10.5 Å². The second-order valence-corrected chi connectivity index (χ2v) is 2.63. The van der Waals surface area contributed by atoms with Crippen molar-refractivity contribution in [2.24, 2.45) is 0 Å². The first-order valence-electron chi connectivity index (χ1n) is 3.33. The summed E-state index contributed by atoms with van der Waals surface area (Å²) in [6.07, 6.45) is 0. The van der Waals surface area contributed by atoms with Gasteiger partial charge in [0, 0.05) is 0 Å². The van der Waals surface area contributed by atoms with Crippen molar-refractivity contribution in [3.8, 4) is 0 Å². The van der Waals surface area contributed by atoms with Crippen LogP contribution in [0.3, 0.4) is 0 Å². The molecule has 0 aromatic carbocycles. The number of carbonyl (C=O) groups excluding carboxylic acids is 1. The maximum absolute atomic E-state index is 11.1. The fourth-order valence-corrected chi connectivity index (χ4v) is 0.966. The number of hydrogen-bond acceptors (Lipinski definition) is 4. The van der Waals surface area contributed by atoms with Gasteiger partial charge in [0.2, 0.25) is 0 Å². The quantitative estimate of drug-likeness (QED) is 0.308. The predicted molar refractivity (Wildman–Crippen MR) is 46.2 cm³/mol. The van der Waals surface area contributed by atoms with Crippen LogP contribution >= 0.6 is 11.6 Å². The molecule has 2 N–H and O–H groups in total. The van der Waals surface area contributed by atoms with Gasteiger partial charge in [-0.05, 0) is 23.7 Å². The average molecular weight is 203 g/mol.